The minimum Gasteiger partial charge on any atom is -0.354 e. The third-order valence-electron chi connectivity index (χ3n) is 2.55. The summed E-state index contributed by atoms with van der Waals surface area (Å²) in [6, 6.07) is -0.380. The van der Waals surface area contributed by atoms with E-state index in [0.717, 1.165) is 0 Å². The molecule has 1 atom stereocenters. The van der Waals surface area contributed by atoms with Crippen LogP contribution >= 0.6 is 0 Å². The number of carbonyl (C=O) groups excluding carboxylic acids is 2. The lowest BCUT2D eigenvalue weighted by atomic mass is 10.2. The van der Waals surface area contributed by atoms with Gasteiger partial charge in [-0.25, -0.2) is 0 Å². The summed E-state index contributed by atoms with van der Waals surface area (Å²) in [5.41, 5.74) is 0. The molecule has 1 aliphatic heterocycles. The van der Waals surface area contributed by atoms with Crippen molar-refractivity contribution < 1.29 is 14.1 Å². The number of nitrogens with zero attached hydrogens (tertiary/aromatic N) is 2. The van der Waals surface area contributed by atoms with Gasteiger partial charge in [0.2, 0.25) is 17.7 Å². The molecule has 3 N–H and O–H groups in total. The highest BCUT2D eigenvalue weighted by Gasteiger charge is 2.23. The first kappa shape index (κ1) is 12.5. The Balaban J connectivity index is 1.70. The lowest BCUT2D eigenvalue weighted by Crippen LogP contribution is -2.58. The summed E-state index contributed by atoms with van der Waals surface area (Å²) in [5.74, 6) is 0.835. The number of carbonyl (C=O) groups is 2. The lowest BCUT2D eigenvalue weighted by Gasteiger charge is -2.22. The Hall–Kier alpha value is -1.96. The lowest BCUT2D eigenvalue weighted by molar-refractivity contribution is -0.126. The zero-order valence-corrected chi connectivity index (χ0v) is 10.0. The highest BCUT2D eigenvalue weighted by molar-refractivity contribution is 5.86. The average Bonchev–Trinajstić information content (AvgIpc) is 2.76. The molecule has 0 aromatic carbocycles. The Morgan fingerprint density at radius 3 is 3.06 bits per heavy atom. The number of hydrogen-bond acceptors (Lipinski definition) is 6. The fraction of sp³-hybridized carbons (Fsp3) is 0.600. The van der Waals surface area contributed by atoms with Crippen LogP contribution in [-0.4, -0.2) is 47.6 Å². The molecule has 1 saturated heterocycles. The quantitative estimate of drug-likeness (QED) is 0.579. The van der Waals surface area contributed by atoms with Gasteiger partial charge < -0.3 is 15.2 Å². The van der Waals surface area contributed by atoms with Gasteiger partial charge in [0.1, 0.15) is 6.04 Å². The van der Waals surface area contributed by atoms with E-state index in [-0.39, 0.29) is 24.4 Å². The van der Waals surface area contributed by atoms with Crippen LogP contribution in [0.4, 0.5) is 0 Å². The predicted molar refractivity (Wildman–Crippen MR) is 60.5 cm³/mol. The van der Waals surface area contributed by atoms with Crippen molar-refractivity contribution in [3.63, 3.8) is 0 Å². The fourth-order valence-corrected chi connectivity index (χ4v) is 1.62. The van der Waals surface area contributed by atoms with Crippen LogP contribution in [0, 0.1) is 6.92 Å². The summed E-state index contributed by atoms with van der Waals surface area (Å²) in [6.07, 6.45) is 0.516. The van der Waals surface area contributed by atoms with E-state index in [0.29, 0.717) is 31.2 Å². The molecule has 0 radical (unpaired) electrons. The van der Waals surface area contributed by atoms with Crippen molar-refractivity contribution in [2.75, 3.05) is 19.6 Å². The topological polar surface area (TPSA) is 109 Å². The van der Waals surface area contributed by atoms with Gasteiger partial charge in [-0.05, 0) is 0 Å². The molecule has 1 aromatic heterocycles. The number of amides is 2. The number of hydrogen-bond donors (Lipinski definition) is 3. The first-order chi connectivity index (χ1) is 8.65. The molecular formula is C10H15N5O3. The van der Waals surface area contributed by atoms with Crippen LogP contribution < -0.4 is 16.0 Å². The third-order valence-corrected chi connectivity index (χ3v) is 2.55. The molecule has 8 heteroatoms. The van der Waals surface area contributed by atoms with Crippen LogP contribution in [0.15, 0.2) is 4.52 Å². The number of piperazine rings is 1. The van der Waals surface area contributed by atoms with Crippen molar-refractivity contribution in [3.8, 4) is 0 Å². The molecule has 2 heterocycles. The molecule has 2 rings (SSSR count). The summed E-state index contributed by atoms with van der Waals surface area (Å²) in [5, 5.41) is 11.9. The summed E-state index contributed by atoms with van der Waals surface area (Å²) in [7, 11) is 0. The fourth-order valence-electron chi connectivity index (χ4n) is 1.62. The molecule has 1 unspecified atom stereocenters. The number of rotatable bonds is 4. The second-order valence-corrected chi connectivity index (χ2v) is 4.01. The van der Waals surface area contributed by atoms with E-state index in [1.807, 2.05) is 0 Å². The molecule has 8 nitrogen and oxygen atoms in total. The molecule has 18 heavy (non-hydrogen) atoms. The molecule has 0 aliphatic carbocycles. The van der Waals surface area contributed by atoms with E-state index < -0.39 is 0 Å². The van der Waals surface area contributed by atoms with Crippen molar-refractivity contribution in [2.24, 2.45) is 0 Å². The van der Waals surface area contributed by atoms with Crippen LogP contribution in [0.1, 0.15) is 11.7 Å². The van der Waals surface area contributed by atoms with E-state index in [1.54, 1.807) is 6.92 Å². The SMILES string of the molecule is Cc1nc(CCNC(=O)C2CNC(=O)CN2)no1. The first-order valence-electron chi connectivity index (χ1n) is 5.72. The number of aromatic nitrogens is 2. The van der Waals surface area contributed by atoms with Crippen molar-refractivity contribution in [3.05, 3.63) is 11.7 Å². The summed E-state index contributed by atoms with van der Waals surface area (Å²) < 4.78 is 4.82. The molecule has 0 bridgehead atoms. The molecule has 98 valence electrons. The molecule has 0 spiro atoms. The maximum Gasteiger partial charge on any atom is 0.238 e. The van der Waals surface area contributed by atoms with Crippen molar-refractivity contribution in [1.29, 1.82) is 0 Å². The average molecular weight is 253 g/mol. The Bertz CT molecular complexity index is 434. The Morgan fingerprint density at radius 2 is 2.44 bits per heavy atom. The van der Waals surface area contributed by atoms with Gasteiger partial charge in [-0.3, -0.25) is 14.9 Å². The van der Waals surface area contributed by atoms with Crippen LogP contribution in [0.25, 0.3) is 0 Å². The normalized spacial score (nSPS) is 19.4. The van der Waals surface area contributed by atoms with E-state index >= 15 is 0 Å². The summed E-state index contributed by atoms with van der Waals surface area (Å²) in [4.78, 5) is 26.6. The van der Waals surface area contributed by atoms with E-state index in [4.69, 9.17) is 4.52 Å². The van der Waals surface area contributed by atoms with E-state index in [2.05, 4.69) is 26.1 Å². The highest BCUT2D eigenvalue weighted by atomic mass is 16.5. The monoisotopic (exact) mass is 253 g/mol. The van der Waals surface area contributed by atoms with E-state index in [9.17, 15) is 9.59 Å². The standard InChI is InChI=1S/C10H15N5O3/c1-6-14-8(15-18-6)2-3-11-10(17)7-4-13-9(16)5-12-7/h7,12H,2-5H2,1H3,(H,11,17)(H,13,16). The first-order valence-corrected chi connectivity index (χ1v) is 5.72. The third kappa shape index (κ3) is 3.27. The van der Waals surface area contributed by atoms with Crippen molar-refractivity contribution in [2.45, 2.75) is 19.4 Å². The molecule has 1 aliphatic rings. The smallest absolute Gasteiger partial charge is 0.238 e. The molecule has 0 saturated carbocycles. The summed E-state index contributed by atoms with van der Waals surface area (Å²) in [6.45, 7) is 2.63. The summed E-state index contributed by atoms with van der Waals surface area (Å²) >= 11 is 0. The van der Waals surface area contributed by atoms with Crippen LogP contribution in [-0.2, 0) is 16.0 Å². The van der Waals surface area contributed by atoms with Gasteiger partial charge in [-0.15, -0.1) is 0 Å². The van der Waals surface area contributed by atoms with Gasteiger partial charge in [-0.2, -0.15) is 4.98 Å². The largest absolute Gasteiger partial charge is 0.354 e. The molecule has 2 amide bonds. The van der Waals surface area contributed by atoms with E-state index in [1.165, 1.54) is 0 Å². The minimum atomic E-state index is -0.380. The predicted octanol–water partition coefficient (Wildman–Crippen LogP) is -1.88. The van der Waals surface area contributed by atoms with Gasteiger partial charge >= 0.3 is 0 Å². The van der Waals surface area contributed by atoms with Gasteiger partial charge in [0.05, 0.1) is 6.54 Å². The zero-order chi connectivity index (χ0) is 13.0. The molecule has 1 aromatic rings. The Labute approximate surface area is 104 Å². The second-order valence-electron chi connectivity index (χ2n) is 4.01. The maximum absolute atomic E-state index is 11.7. The van der Waals surface area contributed by atoms with Gasteiger partial charge in [0.25, 0.3) is 0 Å². The Morgan fingerprint density at radius 1 is 1.61 bits per heavy atom. The van der Waals surface area contributed by atoms with Crippen molar-refractivity contribution in [1.82, 2.24) is 26.1 Å². The second kappa shape index (κ2) is 5.58. The van der Waals surface area contributed by atoms with Crippen LogP contribution in [0.3, 0.4) is 0 Å². The maximum atomic E-state index is 11.7. The Kier molecular flexibility index (Phi) is 3.88. The zero-order valence-electron chi connectivity index (χ0n) is 10.0. The van der Waals surface area contributed by atoms with Gasteiger partial charge in [0, 0.05) is 26.4 Å². The molecular weight excluding hydrogens is 238 g/mol. The number of aryl methyl sites for hydroxylation is 1. The number of nitrogens with one attached hydrogen (secondary N) is 3. The van der Waals surface area contributed by atoms with Crippen LogP contribution in [0.2, 0.25) is 0 Å². The minimum absolute atomic E-state index is 0.0960. The highest BCUT2D eigenvalue weighted by Crippen LogP contribution is 1.95. The van der Waals surface area contributed by atoms with Crippen LogP contribution in [0.5, 0.6) is 0 Å². The van der Waals surface area contributed by atoms with Gasteiger partial charge in [0.15, 0.2) is 5.82 Å². The molecule has 1 fully saturated rings. The van der Waals surface area contributed by atoms with Crippen molar-refractivity contribution >= 4 is 11.8 Å². The van der Waals surface area contributed by atoms with Gasteiger partial charge in [-0.1, -0.05) is 5.16 Å².